The molecule has 1 aromatic rings. The first-order valence-corrected chi connectivity index (χ1v) is 3.97. The molecule has 0 aromatic carbocycles. The van der Waals surface area contributed by atoms with Gasteiger partial charge >= 0.3 is 0 Å². The van der Waals surface area contributed by atoms with E-state index in [9.17, 15) is 5.11 Å². The fourth-order valence-corrected chi connectivity index (χ4v) is 0.990. The Morgan fingerprint density at radius 2 is 2.21 bits per heavy atom. The largest absolute Gasteiger partial charge is 0.384 e. The van der Waals surface area contributed by atoms with Gasteiger partial charge in [-0.3, -0.25) is 0 Å². The Bertz CT molecular complexity index is 378. The molecule has 14 heavy (non-hydrogen) atoms. The van der Waals surface area contributed by atoms with Gasteiger partial charge in [0.15, 0.2) is 6.10 Å². The highest BCUT2D eigenvalue weighted by Gasteiger charge is 2.21. The Labute approximate surface area is 84.6 Å². The van der Waals surface area contributed by atoms with Crippen LogP contribution in [-0.2, 0) is 0 Å². The molecule has 0 aliphatic carbocycles. The van der Waals surface area contributed by atoms with Gasteiger partial charge < -0.3 is 15.9 Å². The third kappa shape index (κ3) is 2.09. The van der Waals surface area contributed by atoms with Crippen molar-refractivity contribution in [2.45, 2.75) is 12.2 Å². The van der Waals surface area contributed by atoms with Gasteiger partial charge in [-0.15, -0.1) is 0 Å². The first kappa shape index (κ1) is 10.7. The van der Waals surface area contributed by atoms with Crippen molar-refractivity contribution >= 4 is 17.4 Å². The molecule has 2 atom stereocenters. The summed E-state index contributed by atoms with van der Waals surface area (Å²) < 4.78 is 0. The molecule has 0 fully saturated rings. The van der Waals surface area contributed by atoms with Gasteiger partial charge in [-0.1, -0.05) is 0 Å². The minimum absolute atomic E-state index is 0.0631. The van der Waals surface area contributed by atoms with Gasteiger partial charge in [-0.2, -0.15) is 5.26 Å². The van der Waals surface area contributed by atoms with Crippen molar-refractivity contribution < 1.29 is 10.2 Å². The van der Waals surface area contributed by atoms with Gasteiger partial charge in [-0.25, -0.2) is 9.97 Å². The summed E-state index contributed by atoms with van der Waals surface area (Å²) in [6.45, 7) is 0. The van der Waals surface area contributed by atoms with Crippen molar-refractivity contribution in [3.05, 3.63) is 17.0 Å². The summed E-state index contributed by atoms with van der Waals surface area (Å²) in [5.41, 5.74) is 5.47. The molecule has 0 radical (unpaired) electrons. The lowest BCUT2D eigenvalue weighted by Gasteiger charge is -2.12. The molecule has 1 aromatic heterocycles. The highest BCUT2D eigenvalue weighted by atomic mass is 35.5. The predicted molar refractivity (Wildman–Crippen MR) is 48.0 cm³/mol. The number of aromatic nitrogens is 2. The van der Waals surface area contributed by atoms with Crippen LogP contribution in [0.25, 0.3) is 0 Å². The molecule has 6 nitrogen and oxygen atoms in total. The monoisotopic (exact) mass is 214 g/mol. The molecule has 0 saturated carbocycles. The summed E-state index contributed by atoms with van der Waals surface area (Å²) in [5, 5.41) is 26.7. The first-order chi connectivity index (χ1) is 6.56. The molecule has 1 heterocycles. The molecule has 0 amide bonds. The SMILES string of the molecule is N#CC(O)C(O)c1cnc(Cl)nc1N. The Morgan fingerprint density at radius 3 is 2.71 bits per heavy atom. The minimum Gasteiger partial charge on any atom is -0.384 e. The molecule has 1 rings (SSSR count). The maximum absolute atomic E-state index is 9.39. The molecule has 74 valence electrons. The summed E-state index contributed by atoms with van der Waals surface area (Å²) in [6.07, 6.45) is -1.84. The number of nitrogen functional groups attached to an aromatic ring is 1. The quantitative estimate of drug-likeness (QED) is 0.457. The van der Waals surface area contributed by atoms with E-state index in [4.69, 9.17) is 27.7 Å². The second kappa shape index (κ2) is 4.19. The third-order valence-corrected chi connectivity index (χ3v) is 1.75. The Hall–Kier alpha value is -1.42. The maximum atomic E-state index is 9.39. The lowest BCUT2D eigenvalue weighted by atomic mass is 10.1. The zero-order chi connectivity index (χ0) is 10.7. The van der Waals surface area contributed by atoms with Gasteiger partial charge in [0, 0.05) is 11.8 Å². The number of hydrogen-bond donors (Lipinski definition) is 3. The van der Waals surface area contributed by atoms with Crippen molar-refractivity contribution in [2.75, 3.05) is 5.73 Å². The zero-order valence-corrected chi connectivity index (χ0v) is 7.68. The van der Waals surface area contributed by atoms with Crippen LogP contribution >= 0.6 is 11.6 Å². The molecule has 7 heteroatoms. The summed E-state index contributed by atoms with van der Waals surface area (Å²) in [4.78, 5) is 7.13. The minimum atomic E-state index is -1.57. The van der Waals surface area contributed by atoms with E-state index in [1.807, 2.05) is 0 Å². The van der Waals surface area contributed by atoms with E-state index >= 15 is 0 Å². The van der Waals surface area contributed by atoms with E-state index in [-0.39, 0.29) is 16.7 Å². The molecule has 0 bridgehead atoms. The van der Waals surface area contributed by atoms with E-state index in [2.05, 4.69) is 9.97 Å². The topological polar surface area (TPSA) is 116 Å². The van der Waals surface area contributed by atoms with Crippen LogP contribution in [0.3, 0.4) is 0 Å². The molecule has 0 aliphatic rings. The first-order valence-electron chi connectivity index (χ1n) is 3.60. The van der Waals surface area contributed by atoms with Crippen LogP contribution in [0, 0.1) is 11.3 Å². The van der Waals surface area contributed by atoms with Crippen LogP contribution in [0.4, 0.5) is 5.82 Å². The van der Waals surface area contributed by atoms with Crippen LogP contribution < -0.4 is 5.73 Å². The number of anilines is 1. The van der Waals surface area contributed by atoms with Crippen molar-refractivity contribution in [2.24, 2.45) is 0 Å². The Balaban J connectivity index is 3.03. The van der Waals surface area contributed by atoms with Gasteiger partial charge in [-0.05, 0) is 11.6 Å². The average molecular weight is 215 g/mol. The van der Waals surface area contributed by atoms with Crippen LogP contribution in [0.2, 0.25) is 5.28 Å². The number of aliphatic hydroxyl groups excluding tert-OH is 2. The Morgan fingerprint density at radius 1 is 1.57 bits per heavy atom. The number of nitrogens with zero attached hydrogens (tertiary/aromatic N) is 3. The van der Waals surface area contributed by atoms with Gasteiger partial charge in [0.05, 0.1) is 6.07 Å². The summed E-state index contributed by atoms with van der Waals surface area (Å²) in [7, 11) is 0. The fourth-order valence-electron chi connectivity index (χ4n) is 0.850. The average Bonchev–Trinajstić information content (AvgIpc) is 2.15. The fraction of sp³-hybridized carbons (Fsp3) is 0.286. The normalized spacial score (nSPS) is 14.4. The molecular formula is C7H7ClN4O2. The predicted octanol–water partition coefficient (Wildman–Crippen LogP) is -0.370. The molecule has 4 N–H and O–H groups in total. The summed E-state index contributed by atoms with van der Waals surface area (Å²) in [5.74, 6) is -0.0631. The van der Waals surface area contributed by atoms with Gasteiger partial charge in [0.25, 0.3) is 0 Å². The van der Waals surface area contributed by atoms with Crippen LogP contribution in [0.15, 0.2) is 6.20 Å². The van der Waals surface area contributed by atoms with E-state index in [0.717, 1.165) is 6.20 Å². The number of halogens is 1. The molecule has 0 spiro atoms. The second-order valence-corrected chi connectivity index (χ2v) is 2.84. The smallest absolute Gasteiger partial charge is 0.224 e. The number of aliphatic hydroxyl groups is 2. The van der Waals surface area contributed by atoms with E-state index in [1.165, 1.54) is 6.07 Å². The van der Waals surface area contributed by atoms with Crippen LogP contribution in [0.1, 0.15) is 11.7 Å². The van der Waals surface area contributed by atoms with Gasteiger partial charge in [0.1, 0.15) is 11.9 Å². The second-order valence-electron chi connectivity index (χ2n) is 2.50. The van der Waals surface area contributed by atoms with Gasteiger partial charge in [0.2, 0.25) is 5.28 Å². The zero-order valence-electron chi connectivity index (χ0n) is 6.92. The number of nitriles is 1. The lowest BCUT2D eigenvalue weighted by molar-refractivity contribution is 0.0528. The van der Waals surface area contributed by atoms with Crippen molar-refractivity contribution in [3.8, 4) is 6.07 Å². The molecule has 0 saturated heterocycles. The summed E-state index contributed by atoms with van der Waals surface area (Å²) >= 11 is 5.42. The van der Waals surface area contributed by atoms with E-state index in [1.54, 1.807) is 0 Å². The number of rotatable bonds is 2. The lowest BCUT2D eigenvalue weighted by Crippen LogP contribution is -2.18. The standard InChI is InChI=1S/C7H7ClN4O2/c8-7-11-2-3(6(10)12-7)5(14)4(13)1-9/h2,4-5,13-14H,(H2,10,11,12). The maximum Gasteiger partial charge on any atom is 0.224 e. The number of nitrogens with two attached hydrogens (primary N) is 1. The molecular weight excluding hydrogens is 208 g/mol. The van der Waals surface area contributed by atoms with Crippen molar-refractivity contribution in [1.29, 1.82) is 5.26 Å². The van der Waals surface area contributed by atoms with Crippen LogP contribution in [-0.4, -0.2) is 26.3 Å². The highest BCUT2D eigenvalue weighted by Crippen LogP contribution is 2.21. The molecule has 2 unspecified atom stereocenters. The summed E-state index contributed by atoms with van der Waals surface area (Å²) in [6, 6.07) is 1.47. The molecule has 0 aliphatic heterocycles. The number of hydrogen-bond acceptors (Lipinski definition) is 6. The third-order valence-electron chi connectivity index (χ3n) is 1.57. The van der Waals surface area contributed by atoms with Crippen LogP contribution in [0.5, 0.6) is 0 Å². The van der Waals surface area contributed by atoms with Crippen molar-refractivity contribution in [1.82, 2.24) is 9.97 Å². The van der Waals surface area contributed by atoms with E-state index < -0.39 is 12.2 Å². The van der Waals surface area contributed by atoms with E-state index in [0.29, 0.717) is 0 Å². The Kier molecular flexibility index (Phi) is 3.19. The van der Waals surface area contributed by atoms with Crippen molar-refractivity contribution in [3.63, 3.8) is 0 Å². The highest BCUT2D eigenvalue weighted by molar-refractivity contribution is 6.28.